The number of hydrogen-bond acceptors (Lipinski definition) is 4. The van der Waals surface area contributed by atoms with Crippen molar-refractivity contribution < 1.29 is 9.84 Å². The molecular weight excluding hydrogens is 180 g/mol. The molecule has 1 aliphatic heterocycles. The van der Waals surface area contributed by atoms with Gasteiger partial charge in [0.05, 0.1) is 24.9 Å². The molecule has 0 aromatic heterocycles. The summed E-state index contributed by atoms with van der Waals surface area (Å²) in [5.74, 6) is 0. The maximum Gasteiger partial charge on any atom is 0.0936 e. The number of morpholine rings is 1. The van der Waals surface area contributed by atoms with Gasteiger partial charge in [0.2, 0.25) is 0 Å². The van der Waals surface area contributed by atoms with Crippen molar-refractivity contribution in [1.29, 1.82) is 5.26 Å². The van der Waals surface area contributed by atoms with Crippen molar-refractivity contribution >= 4 is 0 Å². The van der Waals surface area contributed by atoms with Gasteiger partial charge in [-0.25, -0.2) is 0 Å². The lowest BCUT2D eigenvalue weighted by molar-refractivity contribution is -0.0950. The van der Waals surface area contributed by atoms with Crippen LogP contribution in [0.25, 0.3) is 0 Å². The molecule has 2 atom stereocenters. The Morgan fingerprint density at radius 1 is 1.57 bits per heavy atom. The lowest BCUT2D eigenvalue weighted by atomic mass is 10.2. The number of unbranched alkanes of at least 4 members (excludes halogenated alkanes) is 1. The monoisotopic (exact) mass is 198 g/mol. The van der Waals surface area contributed by atoms with Crippen LogP contribution in [0.5, 0.6) is 0 Å². The van der Waals surface area contributed by atoms with Crippen LogP contribution in [0.1, 0.15) is 19.8 Å². The summed E-state index contributed by atoms with van der Waals surface area (Å²) >= 11 is 0. The Hall–Kier alpha value is -0.630. The molecule has 1 saturated heterocycles. The van der Waals surface area contributed by atoms with E-state index in [9.17, 15) is 0 Å². The lowest BCUT2D eigenvalue weighted by Crippen LogP contribution is -2.48. The molecule has 0 aromatic rings. The number of nitrogens with zero attached hydrogens (tertiary/aromatic N) is 2. The van der Waals surface area contributed by atoms with Gasteiger partial charge in [-0.15, -0.1) is 0 Å². The third kappa shape index (κ3) is 3.62. The molecule has 0 spiro atoms. The second kappa shape index (κ2) is 5.97. The fourth-order valence-corrected chi connectivity index (χ4v) is 1.81. The van der Waals surface area contributed by atoms with Crippen LogP contribution in [0.3, 0.4) is 0 Å². The quantitative estimate of drug-likeness (QED) is 0.663. The predicted molar refractivity (Wildman–Crippen MR) is 52.7 cm³/mol. The van der Waals surface area contributed by atoms with Gasteiger partial charge in [0, 0.05) is 19.5 Å². The van der Waals surface area contributed by atoms with Crippen LogP contribution in [-0.4, -0.2) is 48.5 Å². The Kier molecular flexibility index (Phi) is 4.88. The van der Waals surface area contributed by atoms with Gasteiger partial charge in [-0.2, -0.15) is 5.26 Å². The Morgan fingerprint density at radius 2 is 2.36 bits per heavy atom. The Balaban J connectivity index is 2.27. The van der Waals surface area contributed by atoms with E-state index in [1.807, 2.05) is 6.92 Å². The molecule has 1 rings (SSSR count). The van der Waals surface area contributed by atoms with Gasteiger partial charge in [0.1, 0.15) is 0 Å². The zero-order valence-electron chi connectivity index (χ0n) is 8.65. The minimum absolute atomic E-state index is 0.0548. The second-order valence-corrected chi connectivity index (χ2v) is 3.77. The van der Waals surface area contributed by atoms with Crippen molar-refractivity contribution in [3.63, 3.8) is 0 Å². The van der Waals surface area contributed by atoms with E-state index in [1.54, 1.807) is 0 Å². The van der Waals surface area contributed by atoms with Crippen molar-refractivity contribution in [3.8, 4) is 6.07 Å². The SMILES string of the molecule is CC1CN(CCCC#N)CC(CO)O1. The van der Waals surface area contributed by atoms with E-state index in [1.165, 1.54) is 0 Å². The summed E-state index contributed by atoms with van der Waals surface area (Å²) in [5.41, 5.74) is 0. The molecule has 4 heteroatoms. The highest BCUT2D eigenvalue weighted by molar-refractivity contribution is 4.77. The third-order valence-corrected chi connectivity index (χ3v) is 2.37. The Morgan fingerprint density at radius 3 is 3.00 bits per heavy atom. The van der Waals surface area contributed by atoms with Crippen molar-refractivity contribution in [2.75, 3.05) is 26.2 Å². The summed E-state index contributed by atoms with van der Waals surface area (Å²) in [4.78, 5) is 2.26. The average molecular weight is 198 g/mol. The molecule has 0 radical (unpaired) electrons. The first-order chi connectivity index (χ1) is 6.76. The Bertz CT molecular complexity index is 203. The first-order valence-electron chi connectivity index (χ1n) is 5.12. The number of ether oxygens (including phenoxy) is 1. The molecular formula is C10H18N2O2. The fourth-order valence-electron chi connectivity index (χ4n) is 1.81. The van der Waals surface area contributed by atoms with Crippen LogP contribution in [0.15, 0.2) is 0 Å². The van der Waals surface area contributed by atoms with Gasteiger partial charge in [-0.1, -0.05) is 0 Å². The van der Waals surface area contributed by atoms with Gasteiger partial charge in [-0.05, 0) is 19.9 Å². The molecule has 4 nitrogen and oxygen atoms in total. The standard InChI is InChI=1S/C10H18N2O2/c1-9-6-12(5-3-2-4-11)7-10(8-13)14-9/h9-10,13H,2-3,5-8H2,1H3. The van der Waals surface area contributed by atoms with Crippen molar-refractivity contribution in [3.05, 3.63) is 0 Å². The summed E-state index contributed by atoms with van der Waals surface area (Å²) in [6.45, 7) is 4.71. The third-order valence-electron chi connectivity index (χ3n) is 2.37. The van der Waals surface area contributed by atoms with Gasteiger partial charge < -0.3 is 9.84 Å². The van der Waals surface area contributed by atoms with Gasteiger partial charge in [0.25, 0.3) is 0 Å². The van der Waals surface area contributed by atoms with Crippen molar-refractivity contribution in [2.45, 2.75) is 32.0 Å². The van der Waals surface area contributed by atoms with Crippen LogP contribution in [0.4, 0.5) is 0 Å². The molecule has 1 N–H and O–H groups in total. The molecule has 2 unspecified atom stereocenters. The number of aliphatic hydroxyl groups is 1. The summed E-state index contributed by atoms with van der Waals surface area (Å²) < 4.78 is 5.52. The van der Waals surface area contributed by atoms with Gasteiger partial charge >= 0.3 is 0 Å². The highest BCUT2D eigenvalue weighted by atomic mass is 16.5. The number of aliphatic hydroxyl groups excluding tert-OH is 1. The first-order valence-corrected chi connectivity index (χ1v) is 5.12. The van der Waals surface area contributed by atoms with Crippen molar-refractivity contribution in [1.82, 2.24) is 4.90 Å². The number of rotatable bonds is 4. The minimum atomic E-state index is -0.0548. The highest BCUT2D eigenvalue weighted by Gasteiger charge is 2.23. The summed E-state index contributed by atoms with van der Waals surface area (Å²) in [5, 5.41) is 17.4. The molecule has 14 heavy (non-hydrogen) atoms. The molecule has 0 aromatic carbocycles. The predicted octanol–water partition coefficient (Wildman–Crippen LogP) is 0.372. The molecule has 1 heterocycles. The molecule has 1 fully saturated rings. The highest BCUT2D eigenvalue weighted by Crippen LogP contribution is 2.11. The molecule has 0 bridgehead atoms. The van der Waals surface area contributed by atoms with E-state index in [0.29, 0.717) is 6.42 Å². The van der Waals surface area contributed by atoms with E-state index < -0.39 is 0 Å². The number of nitriles is 1. The molecule has 0 aliphatic carbocycles. The van der Waals surface area contributed by atoms with Gasteiger partial charge in [-0.3, -0.25) is 4.90 Å². The van der Waals surface area contributed by atoms with Crippen LogP contribution in [-0.2, 0) is 4.74 Å². The van der Waals surface area contributed by atoms with Crippen LogP contribution >= 0.6 is 0 Å². The van der Waals surface area contributed by atoms with Crippen LogP contribution in [0, 0.1) is 11.3 Å². The van der Waals surface area contributed by atoms with E-state index in [4.69, 9.17) is 15.1 Å². The fraction of sp³-hybridized carbons (Fsp3) is 0.900. The maximum absolute atomic E-state index is 8.99. The van der Waals surface area contributed by atoms with Crippen LogP contribution in [0.2, 0.25) is 0 Å². The second-order valence-electron chi connectivity index (χ2n) is 3.77. The summed E-state index contributed by atoms with van der Waals surface area (Å²) in [6, 6.07) is 2.14. The minimum Gasteiger partial charge on any atom is -0.394 e. The van der Waals surface area contributed by atoms with Crippen molar-refractivity contribution in [2.24, 2.45) is 0 Å². The summed E-state index contributed by atoms with van der Waals surface area (Å²) in [6.07, 6.45) is 1.64. The van der Waals surface area contributed by atoms with E-state index in [0.717, 1.165) is 26.1 Å². The van der Waals surface area contributed by atoms with E-state index in [2.05, 4.69) is 11.0 Å². The maximum atomic E-state index is 8.99. The Labute approximate surface area is 85.1 Å². The number of hydrogen-bond donors (Lipinski definition) is 1. The lowest BCUT2D eigenvalue weighted by Gasteiger charge is -2.35. The van der Waals surface area contributed by atoms with E-state index >= 15 is 0 Å². The van der Waals surface area contributed by atoms with Gasteiger partial charge in [0.15, 0.2) is 0 Å². The summed E-state index contributed by atoms with van der Waals surface area (Å²) in [7, 11) is 0. The van der Waals surface area contributed by atoms with Crippen LogP contribution < -0.4 is 0 Å². The molecule has 1 aliphatic rings. The smallest absolute Gasteiger partial charge is 0.0936 e. The molecule has 80 valence electrons. The normalized spacial score (nSPS) is 28.6. The first kappa shape index (κ1) is 11.4. The zero-order chi connectivity index (χ0) is 10.4. The topological polar surface area (TPSA) is 56.5 Å². The molecule has 0 saturated carbocycles. The van der Waals surface area contributed by atoms with E-state index in [-0.39, 0.29) is 18.8 Å². The molecule has 0 amide bonds. The average Bonchev–Trinajstić information content (AvgIpc) is 2.17. The zero-order valence-corrected chi connectivity index (χ0v) is 8.65. The largest absolute Gasteiger partial charge is 0.394 e.